The van der Waals surface area contributed by atoms with E-state index in [9.17, 15) is 0 Å². The number of ether oxygens (including phenoxy) is 1. The topological polar surface area (TPSA) is 40.1 Å². The van der Waals surface area contributed by atoms with Crippen molar-refractivity contribution in [3.05, 3.63) is 59.1 Å². The highest BCUT2D eigenvalue weighted by Crippen LogP contribution is 2.42. The van der Waals surface area contributed by atoms with Crippen LogP contribution in [0.5, 0.6) is 5.75 Å². The average Bonchev–Trinajstić information content (AvgIpc) is 3.12. The lowest BCUT2D eigenvalue weighted by molar-refractivity contribution is 0.197. The number of nitrogens with zero attached hydrogens (tertiary/aromatic N) is 3. The van der Waals surface area contributed by atoms with E-state index in [4.69, 9.17) is 33.7 Å². The Morgan fingerprint density at radius 1 is 1.10 bits per heavy atom. The molecule has 0 radical (unpaired) electrons. The molecule has 2 heterocycles. The van der Waals surface area contributed by atoms with Crippen LogP contribution in [0.15, 0.2) is 53.6 Å². The highest BCUT2D eigenvalue weighted by atomic mass is 35.5. The molecule has 1 fully saturated rings. The maximum absolute atomic E-state index is 6.55. The first-order chi connectivity index (χ1) is 14.6. The lowest BCUT2D eigenvalue weighted by atomic mass is 9.91. The van der Waals surface area contributed by atoms with Crippen LogP contribution < -0.4 is 15.2 Å². The Hall–Kier alpha value is -2.15. The van der Waals surface area contributed by atoms with E-state index in [1.165, 1.54) is 19.3 Å². The summed E-state index contributed by atoms with van der Waals surface area (Å²) >= 11 is 12.3. The molecule has 1 saturated heterocycles. The van der Waals surface area contributed by atoms with Crippen LogP contribution in [-0.2, 0) is 0 Å². The van der Waals surface area contributed by atoms with Gasteiger partial charge in [-0.25, -0.2) is 5.01 Å². The van der Waals surface area contributed by atoms with E-state index in [1.807, 2.05) is 41.4 Å². The number of thiocarbonyl (C=S) groups is 1. The minimum Gasteiger partial charge on any atom is -0.497 e. The molecule has 158 valence electrons. The Labute approximate surface area is 188 Å². The molecule has 2 aliphatic rings. The van der Waals surface area contributed by atoms with Crippen molar-refractivity contribution in [3.8, 4) is 5.75 Å². The van der Waals surface area contributed by atoms with Gasteiger partial charge in [0.15, 0.2) is 0 Å². The molecule has 0 spiro atoms. The predicted octanol–water partition coefficient (Wildman–Crippen LogP) is 5.22. The first-order valence-corrected chi connectivity index (χ1v) is 11.2. The van der Waals surface area contributed by atoms with E-state index < -0.39 is 0 Å². The highest BCUT2D eigenvalue weighted by molar-refractivity contribution is 7.82. The van der Waals surface area contributed by atoms with Crippen LogP contribution in [0.1, 0.15) is 37.8 Å². The van der Waals surface area contributed by atoms with Gasteiger partial charge in [0.2, 0.25) is 0 Å². The molecule has 2 aromatic carbocycles. The zero-order valence-electron chi connectivity index (χ0n) is 17.3. The number of anilines is 1. The van der Waals surface area contributed by atoms with Gasteiger partial charge in [-0.2, -0.15) is 5.10 Å². The molecule has 0 aliphatic carbocycles. The Bertz CT molecular complexity index is 927. The van der Waals surface area contributed by atoms with Crippen LogP contribution in [-0.4, -0.2) is 35.9 Å². The summed E-state index contributed by atoms with van der Waals surface area (Å²) in [5.74, 6) is 0.927. The van der Waals surface area contributed by atoms with Crippen molar-refractivity contribution < 1.29 is 4.74 Å². The Morgan fingerprint density at radius 3 is 2.47 bits per heavy atom. The van der Waals surface area contributed by atoms with E-state index >= 15 is 0 Å². The normalized spacial score (nSPS) is 22.0. The predicted molar refractivity (Wildman–Crippen MR) is 127 cm³/mol. The first-order valence-electron chi connectivity index (χ1n) is 10.4. The quantitative estimate of drug-likeness (QED) is 0.643. The van der Waals surface area contributed by atoms with Crippen LogP contribution in [0.25, 0.3) is 0 Å². The van der Waals surface area contributed by atoms with Gasteiger partial charge in [-0.05, 0) is 42.7 Å². The van der Waals surface area contributed by atoms with Crippen LogP contribution in [0.4, 0.5) is 5.69 Å². The SMILES string of the molecule is COc1ccc([C@H]2[C@H](C)C(C(=S)NN3CCCCC3)=NN2c2ccccc2Cl)cc1. The third kappa shape index (κ3) is 4.31. The summed E-state index contributed by atoms with van der Waals surface area (Å²) in [6.07, 6.45) is 3.66. The molecule has 5 nitrogen and oxygen atoms in total. The molecule has 4 rings (SSSR count). The largest absolute Gasteiger partial charge is 0.497 e. The lowest BCUT2D eigenvalue weighted by Crippen LogP contribution is -2.47. The molecular weight excluding hydrogens is 416 g/mol. The van der Waals surface area contributed by atoms with E-state index in [-0.39, 0.29) is 12.0 Å². The number of hydrazine groups is 1. The second-order valence-corrected chi connectivity index (χ2v) is 8.59. The van der Waals surface area contributed by atoms with Gasteiger partial charge in [0.1, 0.15) is 16.4 Å². The van der Waals surface area contributed by atoms with E-state index in [2.05, 4.69) is 29.5 Å². The fourth-order valence-corrected chi connectivity index (χ4v) is 4.74. The van der Waals surface area contributed by atoms with Crippen LogP contribution in [0.2, 0.25) is 5.02 Å². The summed E-state index contributed by atoms with van der Waals surface area (Å²) in [5, 5.41) is 9.86. The van der Waals surface area contributed by atoms with E-state index in [0.717, 1.165) is 35.8 Å². The van der Waals surface area contributed by atoms with Gasteiger partial charge in [0, 0.05) is 19.0 Å². The number of piperidine rings is 1. The van der Waals surface area contributed by atoms with Gasteiger partial charge in [0.05, 0.1) is 23.9 Å². The molecule has 0 unspecified atom stereocenters. The minimum absolute atomic E-state index is 0.00749. The summed E-state index contributed by atoms with van der Waals surface area (Å²) in [6, 6.07) is 15.9. The third-order valence-corrected chi connectivity index (χ3v) is 6.41. The van der Waals surface area contributed by atoms with Crippen molar-refractivity contribution in [1.82, 2.24) is 10.4 Å². The second kappa shape index (κ2) is 9.33. The molecule has 0 saturated carbocycles. The summed E-state index contributed by atoms with van der Waals surface area (Å²) in [7, 11) is 1.68. The molecule has 2 atom stereocenters. The van der Waals surface area contributed by atoms with Gasteiger partial charge in [0.25, 0.3) is 0 Å². The summed E-state index contributed by atoms with van der Waals surface area (Å²) in [6.45, 7) is 4.20. The van der Waals surface area contributed by atoms with Crippen molar-refractivity contribution in [2.45, 2.75) is 32.2 Å². The van der Waals surface area contributed by atoms with Gasteiger partial charge < -0.3 is 10.2 Å². The molecular formula is C23H27ClN4OS. The van der Waals surface area contributed by atoms with E-state index in [1.54, 1.807) is 7.11 Å². The van der Waals surface area contributed by atoms with Crippen LogP contribution in [0, 0.1) is 5.92 Å². The number of hydrazone groups is 1. The van der Waals surface area contributed by atoms with Crippen molar-refractivity contribution in [2.75, 3.05) is 25.2 Å². The van der Waals surface area contributed by atoms with E-state index in [0.29, 0.717) is 10.0 Å². The molecule has 0 bridgehead atoms. The summed E-state index contributed by atoms with van der Waals surface area (Å²) < 4.78 is 5.33. The molecule has 2 aromatic rings. The van der Waals surface area contributed by atoms with Crippen LogP contribution >= 0.6 is 23.8 Å². The number of para-hydroxylation sites is 1. The maximum Gasteiger partial charge on any atom is 0.137 e. The molecule has 2 aliphatic heterocycles. The number of methoxy groups -OCH3 is 1. The molecule has 30 heavy (non-hydrogen) atoms. The summed E-state index contributed by atoms with van der Waals surface area (Å²) in [4.78, 5) is 0.692. The van der Waals surface area contributed by atoms with Crippen LogP contribution in [0.3, 0.4) is 0 Å². The third-order valence-electron chi connectivity index (χ3n) is 5.79. The number of hydrogen-bond acceptors (Lipinski definition) is 5. The fraction of sp³-hybridized carbons (Fsp3) is 0.391. The number of nitrogens with one attached hydrogen (secondary N) is 1. The molecule has 0 amide bonds. The first kappa shape index (κ1) is 21.1. The Kier molecular flexibility index (Phi) is 6.56. The Morgan fingerprint density at radius 2 is 1.80 bits per heavy atom. The van der Waals surface area contributed by atoms with Gasteiger partial charge in [-0.1, -0.05) is 61.4 Å². The number of halogens is 1. The fourth-order valence-electron chi connectivity index (χ4n) is 4.16. The second-order valence-electron chi connectivity index (χ2n) is 7.78. The highest BCUT2D eigenvalue weighted by Gasteiger charge is 2.39. The maximum atomic E-state index is 6.55. The van der Waals surface area contributed by atoms with Crippen molar-refractivity contribution in [3.63, 3.8) is 0 Å². The molecule has 7 heteroatoms. The van der Waals surface area contributed by atoms with Gasteiger partial charge in [-0.3, -0.25) is 5.01 Å². The number of benzene rings is 2. The Balaban J connectivity index is 1.66. The average molecular weight is 443 g/mol. The standard InChI is InChI=1S/C23H27ClN4OS/c1-16-21(23(30)26-27-14-6-3-7-15-27)25-28(20-9-5-4-8-19(20)24)22(16)17-10-12-18(29-2)13-11-17/h4-5,8-13,16,22H,3,6-7,14-15H2,1-2H3,(H,26,30)/t16-,22-/m1/s1. The zero-order chi connectivity index (χ0) is 21.1. The molecule has 0 aromatic heterocycles. The van der Waals surface area contributed by atoms with Crippen molar-refractivity contribution >= 4 is 40.2 Å². The van der Waals surface area contributed by atoms with Gasteiger partial charge >= 0.3 is 0 Å². The van der Waals surface area contributed by atoms with Gasteiger partial charge in [-0.15, -0.1) is 0 Å². The molecule has 1 N–H and O–H groups in total. The monoisotopic (exact) mass is 442 g/mol. The minimum atomic E-state index is -0.00749. The van der Waals surface area contributed by atoms with Crippen molar-refractivity contribution in [1.29, 1.82) is 0 Å². The van der Waals surface area contributed by atoms with Crippen molar-refractivity contribution in [2.24, 2.45) is 11.0 Å². The lowest BCUT2D eigenvalue weighted by Gasteiger charge is -2.29. The number of rotatable bonds is 5. The number of hydrogen-bond donors (Lipinski definition) is 1. The smallest absolute Gasteiger partial charge is 0.137 e. The summed E-state index contributed by atoms with van der Waals surface area (Å²) in [5.41, 5.74) is 6.33. The zero-order valence-corrected chi connectivity index (χ0v) is 18.9.